The Morgan fingerprint density at radius 2 is 1.42 bits per heavy atom. The number of rotatable bonds is 7. The van der Waals surface area contributed by atoms with Crippen LogP contribution in [0.4, 0.5) is 35.5 Å². The van der Waals surface area contributed by atoms with Crippen molar-refractivity contribution in [3.63, 3.8) is 0 Å². The van der Waals surface area contributed by atoms with Crippen LogP contribution in [0.25, 0.3) is 0 Å². The van der Waals surface area contributed by atoms with E-state index in [0.717, 1.165) is 0 Å². The van der Waals surface area contributed by atoms with E-state index >= 15 is 0 Å². The van der Waals surface area contributed by atoms with Crippen LogP contribution in [0.2, 0.25) is 0 Å². The molecule has 1 amide bonds. The molecule has 1 N–H and O–H groups in total. The summed E-state index contributed by atoms with van der Waals surface area (Å²) < 4.78 is 98.9. The molecule has 0 fully saturated rings. The molecule has 0 saturated carbocycles. The fraction of sp³-hybridized carbons (Fsp3) is 0.833. The van der Waals surface area contributed by atoms with E-state index in [9.17, 15) is 40.3 Å². The van der Waals surface area contributed by atoms with Crippen molar-refractivity contribution < 1.29 is 49.8 Å². The van der Waals surface area contributed by atoms with Crippen LogP contribution in [-0.4, -0.2) is 49.3 Å². The standard InChI is InChI=1S/C12H16F7NO4/c1-4-23-8(21)7(20-9(22)24-5-2)6(3)10(13,14)11(15,16)12(17,18)19/h6-7H,4-5H2,1-3H3,(H,20,22). The number of carbonyl (C=O) groups is 2. The molecule has 0 radical (unpaired) electrons. The summed E-state index contributed by atoms with van der Waals surface area (Å²) in [5.41, 5.74) is 0. The van der Waals surface area contributed by atoms with E-state index in [1.54, 1.807) is 0 Å². The van der Waals surface area contributed by atoms with Crippen molar-refractivity contribution in [1.29, 1.82) is 0 Å². The Bertz CT molecular complexity index is 453. The van der Waals surface area contributed by atoms with Crippen LogP contribution in [0, 0.1) is 5.92 Å². The number of nitrogens with one attached hydrogen (secondary N) is 1. The summed E-state index contributed by atoms with van der Waals surface area (Å²) in [5.74, 6) is -16.7. The monoisotopic (exact) mass is 371 g/mol. The summed E-state index contributed by atoms with van der Waals surface area (Å²) in [6, 6.07) is -2.48. The molecule has 0 saturated heterocycles. The molecule has 5 nitrogen and oxygen atoms in total. The molecule has 24 heavy (non-hydrogen) atoms. The maximum absolute atomic E-state index is 13.7. The molecule has 0 bridgehead atoms. The van der Waals surface area contributed by atoms with Crippen LogP contribution >= 0.6 is 0 Å². The van der Waals surface area contributed by atoms with Gasteiger partial charge in [0, 0.05) is 0 Å². The average molecular weight is 371 g/mol. The second-order valence-corrected chi connectivity index (χ2v) is 4.58. The zero-order chi connectivity index (χ0) is 19.3. The van der Waals surface area contributed by atoms with Crippen molar-refractivity contribution in [2.45, 2.75) is 44.8 Å². The zero-order valence-corrected chi connectivity index (χ0v) is 12.8. The van der Waals surface area contributed by atoms with Gasteiger partial charge in [0.2, 0.25) is 0 Å². The minimum Gasteiger partial charge on any atom is -0.464 e. The normalized spacial score (nSPS) is 15.4. The van der Waals surface area contributed by atoms with E-state index < -0.39 is 42.0 Å². The quantitative estimate of drug-likeness (QED) is 0.552. The lowest BCUT2D eigenvalue weighted by atomic mass is 9.90. The highest BCUT2D eigenvalue weighted by Gasteiger charge is 2.75. The van der Waals surface area contributed by atoms with E-state index in [1.807, 2.05) is 0 Å². The van der Waals surface area contributed by atoms with E-state index in [2.05, 4.69) is 9.47 Å². The lowest BCUT2D eigenvalue weighted by molar-refractivity contribution is -0.365. The topological polar surface area (TPSA) is 64.6 Å². The van der Waals surface area contributed by atoms with Crippen LogP contribution in [0.15, 0.2) is 0 Å². The molecule has 0 aromatic rings. The van der Waals surface area contributed by atoms with Crippen molar-refractivity contribution in [3.8, 4) is 0 Å². The highest BCUT2D eigenvalue weighted by atomic mass is 19.4. The molecule has 0 aromatic heterocycles. The largest absolute Gasteiger partial charge is 0.464 e. The van der Waals surface area contributed by atoms with Gasteiger partial charge in [0.25, 0.3) is 0 Å². The molecule has 2 atom stereocenters. The molecule has 0 heterocycles. The molecule has 0 aliphatic heterocycles. The smallest absolute Gasteiger partial charge is 0.459 e. The lowest BCUT2D eigenvalue weighted by Crippen LogP contribution is -2.61. The summed E-state index contributed by atoms with van der Waals surface area (Å²) in [7, 11) is 0. The van der Waals surface area contributed by atoms with Gasteiger partial charge in [-0.3, -0.25) is 0 Å². The second-order valence-electron chi connectivity index (χ2n) is 4.58. The fourth-order valence-electron chi connectivity index (χ4n) is 1.60. The summed E-state index contributed by atoms with van der Waals surface area (Å²) in [6.45, 7) is 2.17. The lowest BCUT2D eigenvalue weighted by Gasteiger charge is -2.35. The van der Waals surface area contributed by atoms with Crippen LogP contribution < -0.4 is 5.32 Å². The number of alkyl halides is 7. The van der Waals surface area contributed by atoms with Crippen LogP contribution in [0.1, 0.15) is 20.8 Å². The van der Waals surface area contributed by atoms with Crippen LogP contribution in [0.3, 0.4) is 0 Å². The molecule has 0 aromatic carbocycles. The third-order valence-corrected chi connectivity index (χ3v) is 2.94. The van der Waals surface area contributed by atoms with E-state index in [1.165, 1.54) is 19.2 Å². The Morgan fingerprint density at radius 1 is 0.958 bits per heavy atom. The molecule has 2 unspecified atom stereocenters. The Morgan fingerprint density at radius 3 is 1.79 bits per heavy atom. The maximum atomic E-state index is 13.7. The van der Waals surface area contributed by atoms with Gasteiger partial charge >= 0.3 is 30.1 Å². The number of ether oxygens (including phenoxy) is 2. The van der Waals surface area contributed by atoms with Gasteiger partial charge in [0.05, 0.1) is 19.1 Å². The highest BCUT2D eigenvalue weighted by molar-refractivity contribution is 5.81. The molecular weight excluding hydrogens is 355 g/mol. The molecular formula is C12H16F7NO4. The number of halogens is 7. The zero-order valence-electron chi connectivity index (χ0n) is 12.8. The van der Waals surface area contributed by atoms with Gasteiger partial charge in [-0.05, 0) is 13.8 Å². The molecule has 0 spiro atoms. The van der Waals surface area contributed by atoms with Crippen molar-refractivity contribution in [3.05, 3.63) is 0 Å². The number of amides is 1. The predicted octanol–water partition coefficient (Wildman–Crippen LogP) is 3.13. The van der Waals surface area contributed by atoms with Crippen molar-refractivity contribution in [1.82, 2.24) is 5.32 Å². The van der Waals surface area contributed by atoms with E-state index in [-0.39, 0.29) is 20.1 Å². The van der Waals surface area contributed by atoms with Gasteiger partial charge in [-0.15, -0.1) is 0 Å². The summed E-state index contributed by atoms with van der Waals surface area (Å²) in [4.78, 5) is 22.8. The Balaban J connectivity index is 5.68. The SMILES string of the molecule is CCOC(=O)NC(C(=O)OCC)C(C)C(F)(F)C(F)(F)C(F)(F)F. The predicted molar refractivity (Wildman–Crippen MR) is 65.7 cm³/mol. The minimum atomic E-state index is -6.56. The summed E-state index contributed by atoms with van der Waals surface area (Å²) >= 11 is 0. The molecule has 0 aliphatic rings. The number of alkyl carbamates (subject to hydrolysis) is 1. The van der Waals surface area contributed by atoms with E-state index in [4.69, 9.17) is 0 Å². The fourth-order valence-corrected chi connectivity index (χ4v) is 1.60. The van der Waals surface area contributed by atoms with Crippen LogP contribution in [-0.2, 0) is 14.3 Å². The summed E-state index contributed by atoms with van der Waals surface area (Å²) in [5, 5.41) is 1.52. The highest BCUT2D eigenvalue weighted by Crippen LogP contribution is 2.50. The number of esters is 1. The van der Waals surface area contributed by atoms with E-state index in [0.29, 0.717) is 0 Å². The number of carbonyl (C=O) groups excluding carboxylic acids is 2. The Hall–Kier alpha value is -1.75. The first-order valence-electron chi connectivity index (χ1n) is 6.66. The first-order chi connectivity index (χ1) is 10.7. The van der Waals surface area contributed by atoms with Gasteiger partial charge in [-0.2, -0.15) is 30.7 Å². The molecule has 12 heteroatoms. The van der Waals surface area contributed by atoms with Crippen molar-refractivity contribution >= 4 is 12.1 Å². The van der Waals surface area contributed by atoms with Crippen molar-refractivity contribution in [2.75, 3.05) is 13.2 Å². The third-order valence-electron chi connectivity index (χ3n) is 2.94. The van der Waals surface area contributed by atoms with Gasteiger partial charge in [0.1, 0.15) is 6.04 Å². The van der Waals surface area contributed by atoms with Crippen molar-refractivity contribution in [2.24, 2.45) is 5.92 Å². The molecule has 142 valence electrons. The number of hydrogen-bond acceptors (Lipinski definition) is 4. The maximum Gasteiger partial charge on any atom is 0.459 e. The van der Waals surface area contributed by atoms with Gasteiger partial charge < -0.3 is 14.8 Å². The Kier molecular flexibility index (Phi) is 7.31. The third kappa shape index (κ3) is 4.63. The Labute approximate surface area is 132 Å². The van der Waals surface area contributed by atoms with Crippen LogP contribution in [0.5, 0.6) is 0 Å². The average Bonchev–Trinajstić information content (AvgIpc) is 2.43. The second kappa shape index (κ2) is 7.88. The first-order valence-corrected chi connectivity index (χ1v) is 6.66. The minimum absolute atomic E-state index is 0.257. The van der Waals surface area contributed by atoms with Gasteiger partial charge in [-0.1, -0.05) is 6.92 Å². The molecule has 0 aliphatic carbocycles. The number of hydrogen-bond donors (Lipinski definition) is 1. The first kappa shape index (κ1) is 22.2. The summed E-state index contributed by atoms with van der Waals surface area (Å²) in [6.07, 6.45) is -8.01. The van der Waals surface area contributed by atoms with Gasteiger partial charge in [0.15, 0.2) is 0 Å². The van der Waals surface area contributed by atoms with Gasteiger partial charge in [-0.25, -0.2) is 9.59 Å². The molecule has 0 rings (SSSR count).